The quantitative estimate of drug-likeness (QED) is 0.445. The van der Waals surface area contributed by atoms with Crippen molar-refractivity contribution >= 4 is 0 Å². The zero-order valence-corrected chi connectivity index (χ0v) is 7.77. The molecule has 8 heavy (non-hydrogen) atoms. The van der Waals surface area contributed by atoms with Gasteiger partial charge in [-0.05, 0) is 0 Å². The molecular weight excluding hydrogens is 383 g/mol. The van der Waals surface area contributed by atoms with E-state index in [1.54, 1.807) is 0 Å². The van der Waals surface area contributed by atoms with Crippen molar-refractivity contribution in [1.29, 1.82) is 5.26 Å². The van der Waals surface area contributed by atoms with E-state index in [0.29, 0.717) is 13.1 Å². The molecule has 0 saturated heterocycles. The molecule has 0 unspecified atom stereocenters. The molecule has 3 nitrogen and oxygen atoms in total. The van der Waals surface area contributed by atoms with Gasteiger partial charge in [0, 0.05) is 13.1 Å². The average molecular weight is 391 g/mol. The number of hydrogen-bond acceptors (Lipinski definition) is 3. The fraction of sp³-hybridized carbons (Fsp3) is 0.667. The monoisotopic (exact) mass is 390 g/mol. The first-order valence-electron chi connectivity index (χ1n) is 1.54. The normalized spacial score (nSPS) is 4.00. The summed E-state index contributed by atoms with van der Waals surface area (Å²) < 4.78 is 0. The largest absolute Gasteiger partial charge is 1.00 e. The van der Waals surface area contributed by atoms with E-state index in [0.717, 1.165) is 0 Å². The van der Waals surface area contributed by atoms with E-state index in [2.05, 4.69) is 0 Å². The zero-order valence-electron chi connectivity index (χ0n) is 4.12. The summed E-state index contributed by atoms with van der Waals surface area (Å²) in [5, 5.41) is 6.25. The summed E-state index contributed by atoms with van der Waals surface area (Å²) in [7, 11) is 0. The van der Waals surface area contributed by atoms with Crippen LogP contribution in [0.5, 0.6) is 0 Å². The van der Waals surface area contributed by atoms with Gasteiger partial charge in [-0.3, -0.25) is 0 Å². The Morgan fingerprint density at radius 1 is 1.12 bits per heavy atom. The molecule has 0 aliphatic carbocycles. The minimum atomic E-state index is 0. The number of rotatable bonds is 1. The first-order valence-corrected chi connectivity index (χ1v) is 1.54. The predicted octanol–water partition coefficient (Wildman–Crippen LogP) is -1.00. The minimum Gasteiger partial charge on any atom is -0.512 e. The van der Waals surface area contributed by atoms with Crippen molar-refractivity contribution in [2.45, 2.75) is 0 Å². The van der Waals surface area contributed by atoms with Crippen LogP contribution in [0.4, 0.5) is 0 Å². The van der Waals surface area contributed by atoms with Crippen LogP contribution in [0, 0.1) is 11.8 Å². The SMILES string of the molecule is NCCN.[Ag+].[Au+].[C-]#N. The van der Waals surface area contributed by atoms with Gasteiger partial charge in [-0.25, -0.2) is 0 Å². The average Bonchev–Trinajstić information content (AvgIpc) is 1.72. The molecule has 0 aliphatic heterocycles. The molecule has 0 radical (unpaired) electrons. The van der Waals surface area contributed by atoms with Gasteiger partial charge in [0.1, 0.15) is 0 Å². The third-order valence-electron chi connectivity index (χ3n) is 0.167. The van der Waals surface area contributed by atoms with Crippen LogP contribution >= 0.6 is 0 Å². The van der Waals surface area contributed by atoms with Crippen LogP contribution in [0.15, 0.2) is 0 Å². The number of nitrogens with two attached hydrogens (primary N) is 2. The van der Waals surface area contributed by atoms with E-state index >= 15 is 0 Å². The van der Waals surface area contributed by atoms with Gasteiger partial charge in [0.25, 0.3) is 0 Å². The second-order valence-corrected chi connectivity index (χ2v) is 0.577. The molecule has 56 valence electrons. The van der Waals surface area contributed by atoms with Crippen molar-refractivity contribution in [3.8, 4) is 0 Å². The maximum absolute atomic E-state index is 6.25. The van der Waals surface area contributed by atoms with E-state index in [9.17, 15) is 0 Å². The molecule has 0 spiro atoms. The Hall–Kier alpha value is 0.891. The van der Waals surface area contributed by atoms with Crippen LogP contribution in [0.3, 0.4) is 0 Å². The molecular formula is C3H8AgAuN3+. The third kappa shape index (κ3) is 66.9. The Morgan fingerprint density at radius 2 is 1.25 bits per heavy atom. The van der Waals surface area contributed by atoms with Gasteiger partial charge in [0.2, 0.25) is 0 Å². The van der Waals surface area contributed by atoms with Crippen LogP contribution in [0.25, 0.3) is 0 Å². The van der Waals surface area contributed by atoms with Gasteiger partial charge in [0.05, 0.1) is 0 Å². The van der Waals surface area contributed by atoms with Crippen molar-refractivity contribution < 1.29 is 44.8 Å². The standard InChI is InChI=1S/C2H8N2.CN.Ag.Au/c3-1-2-4;1-2;;/h1-4H2;;;/q;-1;2*+1. The molecule has 0 atom stereocenters. The van der Waals surface area contributed by atoms with Gasteiger partial charge in [0.15, 0.2) is 0 Å². The van der Waals surface area contributed by atoms with Crippen molar-refractivity contribution in [3.63, 3.8) is 0 Å². The summed E-state index contributed by atoms with van der Waals surface area (Å²) in [6.45, 7) is 5.94. The smallest absolute Gasteiger partial charge is 0.512 e. The first kappa shape index (κ1) is 23.1. The van der Waals surface area contributed by atoms with Crippen molar-refractivity contribution in [2.24, 2.45) is 11.5 Å². The van der Waals surface area contributed by atoms with E-state index in [1.807, 2.05) is 0 Å². The number of hydrogen-bond donors (Lipinski definition) is 2. The Kier molecular flexibility index (Phi) is 130. The van der Waals surface area contributed by atoms with E-state index in [4.69, 9.17) is 23.3 Å². The minimum absolute atomic E-state index is 0. The molecule has 0 aliphatic rings. The molecule has 0 amide bonds. The second kappa shape index (κ2) is 44.8. The van der Waals surface area contributed by atoms with Crippen molar-refractivity contribution in [1.82, 2.24) is 0 Å². The molecule has 4 N–H and O–H groups in total. The summed E-state index contributed by atoms with van der Waals surface area (Å²) in [6.07, 6.45) is 0. The summed E-state index contributed by atoms with van der Waals surface area (Å²) in [5.41, 5.74) is 9.81. The Balaban J connectivity index is -0.0000000183. The van der Waals surface area contributed by atoms with Gasteiger partial charge < -0.3 is 23.3 Å². The maximum Gasteiger partial charge on any atom is 1.00 e. The molecule has 0 heterocycles. The molecule has 0 rings (SSSR count). The predicted molar refractivity (Wildman–Crippen MR) is 23.1 cm³/mol. The van der Waals surface area contributed by atoms with Crippen LogP contribution in [-0.4, -0.2) is 13.1 Å². The maximum atomic E-state index is 6.25. The summed E-state index contributed by atoms with van der Waals surface area (Å²) in [6, 6.07) is 0. The van der Waals surface area contributed by atoms with Crippen molar-refractivity contribution in [3.05, 3.63) is 6.57 Å². The van der Waals surface area contributed by atoms with Crippen molar-refractivity contribution in [2.75, 3.05) is 13.1 Å². The molecule has 0 aromatic heterocycles. The van der Waals surface area contributed by atoms with Gasteiger partial charge in [-0.15, -0.1) is 0 Å². The molecule has 0 aromatic carbocycles. The molecule has 0 fully saturated rings. The summed E-state index contributed by atoms with van der Waals surface area (Å²) in [5.74, 6) is 0. The molecule has 5 heteroatoms. The zero-order chi connectivity index (χ0) is 5.41. The van der Waals surface area contributed by atoms with E-state index in [-0.39, 0.29) is 44.8 Å². The summed E-state index contributed by atoms with van der Waals surface area (Å²) in [4.78, 5) is 0. The second-order valence-electron chi connectivity index (χ2n) is 0.577. The molecule has 0 saturated carbocycles. The third-order valence-corrected chi connectivity index (χ3v) is 0.167. The molecule has 0 bridgehead atoms. The Morgan fingerprint density at radius 3 is 1.25 bits per heavy atom. The summed E-state index contributed by atoms with van der Waals surface area (Å²) >= 11 is 0. The number of nitrogens with zero attached hydrogens (tertiary/aromatic N) is 1. The van der Waals surface area contributed by atoms with Gasteiger partial charge in [-0.2, -0.15) is 0 Å². The van der Waals surface area contributed by atoms with E-state index < -0.39 is 0 Å². The van der Waals surface area contributed by atoms with Crippen LogP contribution in [-0.2, 0) is 44.8 Å². The fourth-order valence-electron chi connectivity index (χ4n) is 0. The van der Waals surface area contributed by atoms with Gasteiger partial charge >= 0.3 is 44.8 Å². The topological polar surface area (TPSA) is 75.8 Å². The first-order chi connectivity index (χ1) is 2.91. The fourth-order valence-corrected chi connectivity index (χ4v) is 0. The molecule has 0 aromatic rings. The van der Waals surface area contributed by atoms with Gasteiger partial charge in [-0.1, -0.05) is 0 Å². The van der Waals surface area contributed by atoms with Crippen LogP contribution in [0.1, 0.15) is 0 Å². The van der Waals surface area contributed by atoms with Crippen LogP contribution in [0.2, 0.25) is 0 Å². The Bertz CT molecular complexity index is 31.0. The van der Waals surface area contributed by atoms with E-state index in [1.165, 1.54) is 0 Å². The van der Waals surface area contributed by atoms with Crippen LogP contribution < -0.4 is 11.5 Å². The Labute approximate surface area is 80.8 Å².